The zero-order valence-corrected chi connectivity index (χ0v) is 28.5. The van der Waals surface area contributed by atoms with Gasteiger partial charge < -0.3 is 0 Å². The zero-order chi connectivity index (χ0) is 32.5. The van der Waals surface area contributed by atoms with Gasteiger partial charge in [-0.2, -0.15) is 0 Å². The minimum Gasteiger partial charge on any atom is -0.247 e. The molecule has 0 amide bonds. The molecule has 0 atom stereocenters. The summed E-state index contributed by atoms with van der Waals surface area (Å²) in [6, 6.07) is 63.0. The Labute approximate surface area is 283 Å². The topological polar surface area (TPSA) is 0 Å². The number of hydrogen-bond donors (Lipinski definition) is 1. The van der Waals surface area contributed by atoms with Gasteiger partial charge in [0.2, 0.25) is 0 Å². The average molecular weight is 635 g/mol. The normalized spacial score (nSPS) is 15.0. The molecular weight excluding hydrogens is 597 g/mol. The molecule has 0 bridgehead atoms. The number of fused-ring (bicyclic) bond motifs is 5. The van der Waals surface area contributed by atoms with Crippen LogP contribution in [0.15, 0.2) is 180 Å². The second-order valence-corrected chi connectivity index (χ2v) is 21.0. The molecule has 1 heteroatoms. The first kappa shape index (κ1) is 28.8. The lowest BCUT2D eigenvalue weighted by Gasteiger charge is -2.50. The van der Waals surface area contributed by atoms with E-state index in [4.69, 9.17) is 0 Å². The van der Waals surface area contributed by atoms with Crippen LogP contribution in [0, 0.1) is 0 Å². The third-order valence-electron chi connectivity index (χ3n) is 10.6. The van der Waals surface area contributed by atoms with E-state index in [0.717, 1.165) is 0 Å². The molecular formula is C47H38S. The first-order valence-electron chi connectivity index (χ1n) is 16.8. The van der Waals surface area contributed by atoms with Crippen molar-refractivity contribution in [2.45, 2.75) is 9.79 Å². The highest BCUT2D eigenvalue weighted by atomic mass is 32.3. The molecule has 1 aliphatic heterocycles. The van der Waals surface area contributed by atoms with Gasteiger partial charge in [0.1, 0.15) is 0 Å². The van der Waals surface area contributed by atoms with Gasteiger partial charge in [0.25, 0.3) is 0 Å². The molecule has 48 heavy (non-hydrogen) atoms. The molecule has 0 aliphatic carbocycles. The summed E-state index contributed by atoms with van der Waals surface area (Å²) >= 11 is 0. The van der Waals surface area contributed by atoms with Crippen LogP contribution in [-0.4, -0.2) is 18.8 Å². The third-order valence-corrected chi connectivity index (χ3v) is 14.7. The Bertz CT molecular complexity index is 2500. The van der Waals surface area contributed by atoms with E-state index in [1.807, 2.05) is 0 Å². The van der Waals surface area contributed by atoms with E-state index < -0.39 is 9.16 Å². The van der Waals surface area contributed by atoms with Crippen molar-refractivity contribution in [3.05, 3.63) is 170 Å². The molecule has 0 spiro atoms. The minimum atomic E-state index is -2.50. The molecule has 0 nitrogen and oxygen atoms in total. The maximum Gasteiger partial charge on any atom is -0.00260 e. The van der Waals surface area contributed by atoms with Crippen molar-refractivity contribution in [1.82, 2.24) is 0 Å². The molecule has 0 saturated heterocycles. The lowest BCUT2D eigenvalue weighted by Crippen LogP contribution is -2.11. The molecule has 8 aromatic rings. The molecule has 9 rings (SSSR count). The Balaban J connectivity index is 1.37. The Morgan fingerprint density at radius 1 is 0.292 bits per heavy atom. The fraction of sp³-hybridized carbons (Fsp3) is 0.0638. The quantitative estimate of drug-likeness (QED) is 0.145. The first-order valence-corrected chi connectivity index (χ1v) is 20.4. The van der Waals surface area contributed by atoms with Gasteiger partial charge >= 0.3 is 0 Å². The summed E-state index contributed by atoms with van der Waals surface area (Å²) < 4.78 is 0. The first-order chi connectivity index (χ1) is 23.4. The maximum absolute atomic E-state index is 2.58. The van der Waals surface area contributed by atoms with E-state index >= 15 is 0 Å². The largest absolute Gasteiger partial charge is 0.247 e. The second kappa shape index (κ2) is 10.6. The molecule has 1 aliphatic rings. The van der Waals surface area contributed by atoms with Crippen molar-refractivity contribution in [2.24, 2.45) is 0 Å². The highest BCUT2D eigenvalue weighted by Crippen LogP contribution is 2.80. The van der Waals surface area contributed by atoms with Gasteiger partial charge in [0, 0.05) is 0 Å². The highest BCUT2D eigenvalue weighted by Gasteiger charge is 2.41. The van der Waals surface area contributed by atoms with E-state index in [0.29, 0.717) is 0 Å². The third kappa shape index (κ3) is 4.39. The minimum absolute atomic E-state index is 1.23. The second-order valence-electron chi connectivity index (χ2n) is 14.4. The average Bonchev–Trinajstić information content (AvgIpc) is 3.32. The Morgan fingerprint density at radius 2 is 0.688 bits per heavy atom. The molecule has 0 radical (unpaired) electrons. The fourth-order valence-electron chi connectivity index (χ4n) is 8.11. The van der Waals surface area contributed by atoms with Gasteiger partial charge in [0.05, 0.1) is 0 Å². The van der Waals surface area contributed by atoms with Crippen LogP contribution in [0.25, 0.3) is 77.2 Å². The van der Waals surface area contributed by atoms with E-state index in [1.165, 1.54) is 87.0 Å². The Hall–Kier alpha value is -5.37. The van der Waals surface area contributed by atoms with Gasteiger partial charge in [-0.05, 0) is 124 Å². The number of hydrogen-bond acceptors (Lipinski definition) is 0. The SMILES string of the molecule is C[SH]1(C)(C)c2cc(-c3ccccc3)ccc2-c2cc3c(-c4ccc(-c5ccccc5)cc4)c4ccccc4c(-c4ccccc4)c3cc21. The van der Waals surface area contributed by atoms with Crippen molar-refractivity contribution in [3.63, 3.8) is 0 Å². The lowest BCUT2D eigenvalue weighted by molar-refractivity contribution is 1.44. The molecule has 1 heterocycles. The van der Waals surface area contributed by atoms with Crippen LogP contribution >= 0.6 is 9.16 Å². The predicted octanol–water partition coefficient (Wildman–Crippen LogP) is 13.0. The summed E-state index contributed by atoms with van der Waals surface area (Å²) in [5.74, 6) is 0. The smallest absolute Gasteiger partial charge is 0.00260 e. The summed E-state index contributed by atoms with van der Waals surface area (Å²) in [6.07, 6.45) is 7.63. The monoisotopic (exact) mass is 634 g/mol. The van der Waals surface area contributed by atoms with Crippen molar-refractivity contribution in [1.29, 1.82) is 0 Å². The summed E-state index contributed by atoms with van der Waals surface area (Å²) in [5.41, 5.74) is 12.9. The Morgan fingerprint density at radius 3 is 1.27 bits per heavy atom. The lowest BCUT2D eigenvalue weighted by atomic mass is 9.84. The van der Waals surface area contributed by atoms with Crippen LogP contribution in [0.4, 0.5) is 0 Å². The van der Waals surface area contributed by atoms with Crippen molar-refractivity contribution >= 4 is 30.7 Å². The molecule has 0 fully saturated rings. The van der Waals surface area contributed by atoms with Crippen LogP contribution in [0.5, 0.6) is 0 Å². The summed E-state index contributed by atoms with van der Waals surface area (Å²) in [5, 5.41) is 5.22. The molecule has 0 saturated carbocycles. The number of rotatable bonds is 4. The maximum atomic E-state index is 2.58. The highest BCUT2D eigenvalue weighted by molar-refractivity contribution is 8.48. The van der Waals surface area contributed by atoms with E-state index in [9.17, 15) is 0 Å². The van der Waals surface area contributed by atoms with E-state index in [-0.39, 0.29) is 0 Å². The molecule has 232 valence electrons. The molecule has 0 unspecified atom stereocenters. The van der Waals surface area contributed by atoms with Crippen LogP contribution in [0.2, 0.25) is 0 Å². The fourth-order valence-corrected chi connectivity index (χ4v) is 11.6. The van der Waals surface area contributed by atoms with Gasteiger partial charge in [-0.15, -0.1) is 0 Å². The van der Waals surface area contributed by atoms with Crippen molar-refractivity contribution in [2.75, 3.05) is 18.8 Å². The van der Waals surface area contributed by atoms with Gasteiger partial charge in [-0.3, -0.25) is 0 Å². The summed E-state index contributed by atoms with van der Waals surface area (Å²) in [4.78, 5) is 3.01. The molecule has 0 N–H and O–H groups in total. The van der Waals surface area contributed by atoms with Crippen LogP contribution in [0.3, 0.4) is 0 Å². The van der Waals surface area contributed by atoms with Crippen LogP contribution in [-0.2, 0) is 0 Å². The van der Waals surface area contributed by atoms with Crippen LogP contribution < -0.4 is 0 Å². The van der Waals surface area contributed by atoms with Gasteiger partial charge in [0.15, 0.2) is 0 Å². The molecule has 8 aromatic carbocycles. The van der Waals surface area contributed by atoms with E-state index in [2.05, 4.69) is 189 Å². The summed E-state index contributed by atoms with van der Waals surface area (Å²) in [6.45, 7) is 0. The predicted molar refractivity (Wildman–Crippen MR) is 212 cm³/mol. The Kier molecular flexibility index (Phi) is 6.35. The molecule has 0 aromatic heterocycles. The van der Waals surface area contributed by atoms with E-state index in [1.54, 1.807) is 0 Å². The number of thiol groups is 1. The number of benzene rings is 8. The van der Waals surface area contributed by atoms with Crippen LogP contribution in [0.1, 0.15) is 0 Å². The zero-order valence-electron chi connectivity index (χ0n) is 27.6. The summed E-state index contributed by atoms with van der Waals surface area (Å²) in [7, 11) is -2.50. The van der Waals surface area contributed by atoms with Gasteiger partial charge in [-0.25, -0.2) is 9.16 Å². The standard InChI is InChI=1S/C47H38S/c1-48(2,3)44-29-37(33-17-9-5-10-18-33)27-28-38(44)41-30-42-43(31-45(41)48)46(35-19-11-6-12-20-35)39-21-13-14-22-40(39)47(42)36-25-23-34(24-26-36)32-15-7-4-8-16-32/h4-31,48H,1-3H3. The van der Waals surface area contributed by atoms with Gasteiger partial charge in [-0.1, -0.05) is 152 Å². The van der Waals surface area contributed by atoms with Crippen molar-refractivity contribution < 1.29 is 0 Å². The van der Waals surface area contributed by atoms with Crippen molar-refractivity contribution in [3.8, 4) is 55.6 Å².